The Morgan fingerprint density at radius 2 is 2.00 bits per heavy atom. The normalized spacial score (nSPS) is 14.9. The molecule has 34 heavy (non-hydrogen) atoms. The fourth-order valence-electron chi connectivity index (χ4n) is 4.01. The van der Waals surface area contributed by atoms with E-state index in [1.165, 1.54) is 0 Å². The molecule has 0 spiro atoms. The first-order chi connectivity index (χ1) is 16.5. The van der Waals surface area contributed by atoms with Crippen LogP contribution in [0.5, 0.6) is 5.75 Å². The second-order valence-electron chi connectivity index (χ2n) is 7.72. The lowest BCUT2D eigenvalue weighted by atomic mass is 9.94. The Kier molecular flexibility index (Phi) is 5.73. The summed E-state index contributed by atoms with van der Waals surface area (Å²) in [6, 6.07) is 17.9. The molecule has 1 aliphatic rings. The highest BCUT2D eigenvalue weighted by Gasteiger charge is 2.36. The number of amides is 1. The first-order valence-electron chi connectivity index (χ1n) is 10.6. The number of halogens is 1. The first-order valence-corrected chi connectivity index (χ1v) is 11.0. The highest BCUT2D eigenvalue weighted by Crippen LogP contribution is 2.40. The van der Waals surface area contributed by atoms with Gasteiger partial charge in [0.05, 0.1) is 24.6 Å². The number of allylic oxidation sites excluding steroid dienone is 1. The molecule has 1 atom stereocenters. The smallest absolute Gasteiger partial charge is 0.255 e. The summed E-state index contributed by atoms with van der Waals surface area (Å²) in [7, 11) is 1.60. The molecule has 0 saturated carbocycles. The maximum Gasteiger partial charge on any atom is 0.255 e. The van der Waals surface area contributed by atoms with Gasteiger partial charge in [0.25, 0.3) is 5.91 Å². The summed E-state index contributed by atoms with van der Waals surface area (Å²) >= 11 is 6.19. The summed E-state index contributed by atoms with van der Waals surface area (Å²) in [6.07, 6.45) is 3.25. The van der Waals surface area contributed by atoms with E-state index in [9.17, 15) is 4.79 Å². The van der Waals surface area contributed by atoms with Crippen LogP contribution in [0, 0.1) is 0 Å². The van der Waals surface area contributed by atoms with Crippen molar-refractivity contribution >= 4 is 29.1 Å². The van der Waals surface area contributed by atoms with Crippen molar-refractivity contribution in [1.29, 1.82) is 0 Å². The monoisotopic (exact) mass is 472 g/mol. The minimum absolute atomic E-state index is 0.278. The van der Waals surface area contributed by atoms with Gasteiger partial charge >= 0.3 is 0 Å². The van der Waals surface area contributed by atoms with Crippen molar-refractivity contribution in [2.45, 2.75) is 13.0 Å². The first kappa shape index (κ1) is 21.7. The highest BCUT2D eigenvalue weighted by atomic mass is 35.5. The number of pyridine rings is 1. The second-order valence-corrected chi connectivity index (χ2v) is 8.15. The van der Waals surface area contributed by atoms with Crippen LogP contribution in [0.3, 0.4) is 0 Å². The van der Waals surface area contributed by atoms with Crippen molar-refractivity contribution in [3.05, 3.63) is 94.9 Å². The van der Waals surface area contributed by atoms with E-state index in [-0.39, 0.29) is 5.91 Å². The van der Waals surface area contributed by atoms with Gasteiger partial charge in [0.1, 0.15) is 11.8 Å². The number of hydrogen-bond acceptors (Lipinski definition) is 6. The van der Waals surface area contributed by atoms with Crippen LogP contribution in [0.4, 0.5) is 11.6 Å². The average molecular weight is 473 g/mol. The molecule has 2 aromatic heterocycles. The number of benzene rings is 2. The van der Waals surface area contributed by atoms with Crippen LogP contribution in [0.1, 0.15) is 18.5 Å². The lowest BCUT2D eigenvalue weighted by Gasteiger charge is -2.29. The number of hydrogen-bond donors (Lipinski definition) is 2. The second kappa shape index (κ2) is 8.99. The predicted molar refractivity (Wildman–Crippen MR) is 131 cm³/mol. The zero-order valence-electron chi connectivity index (χ0n) is 18.5. The molecule has 1 aliphatic heterocycles. The van der Waals surface area contributed by atoms with Gasteiger partial charge in [-0.15, -0.1) is 5.10 Å². The molecule has 0 unspecified atom stereocenters. The number of carbonyl (C=O) groups is 1. The number of carbonyl (C=O) groups excluding carboxylic acids is 1. The average Bonchev–Trinajstić information content (AvgIpc) is 3.27. The number of rotatable bonds is 5. The van der Waals surface area contributed by atoms with Crippen LogP contribution in [0.15, 0.2) is 84.3 Å². The van der Waals surface area contributed by atoms with Crippen molar-refractivity contribution in [2.75, 3.05) is 17.7 Å². The van der Waals surface area contributed by atoms with E-state index < -0.39 is 6.04 Å². The zero-order valence-corrected chi connectivity index (χ0v) is 19.2. The minimum atomic E-state index is -0.579. The molecule has 1 amide bonds. The molecule has 0 radical (unpaired) electrons. The molecule has 0 saturated heterocycles. The third kappa shape index (κ3) is 3.99. The van der Waals surface area contributed by atoms with Gasteiger partial charge in [-0.25, -0.2) is 4.68 Å². The van der Waals surface area contributed by atoms with Gasteiger partial charge in [-0.3, -0.25) is 9.78 Å². The number of para-hydroxylation sites is 1. The summed E-state index contributed by atoms with van der Waals surface area (Å²) in [6.45, 7) is 1.85. The third-order valence-corrected chi connectivity index (χ3v) is 5.77. The lowest BCUT2D eigenvalue weighted by molar-refractivity contribution is -0.113. The molecule has 0 fully saturated rings. The number of nitrogens with one attached hydrogen (secondary N) is 2. The van der Waals surface area contributed by atoms with Crippen LogP contribution in [0.2, 0.25) is 5.02 Å². The maximum absolute atomic E-state index is 13.5. The van der Waals surface area contributed by atoms with Crippen molar-refractivity contribution in [3.8, 4) is 17.1 Å². The van der Waals surface area contributed by atoms with Gasteiger partial charge in [-0.05, 0) is 37.3 Å². The van der Waals surface area contributed by atoms with Crippen LogP contribution < -0.4 is 15.4 Å². The van der Waals surface area contributed by atoms with Gasteiger partial charge in [0, 0.05) is 28.0 Å². The molecular formula is C25H21ClN6O2. The van der Waals surface area contributed by atoms with E-state index in [1.807, 2.05) is 43.3 Å². The summed E-state index contributed by atoms with van der Waals surface area (Å²) in [5, 5.41) is 11.5. The van der Waals surface area contributed by atoms with Crippen LogP contribution in [-0.4, -0.2) is 32.8 Å². The van der Waals surface area contributed by atoms with Crippen molar-refractivity contribution in [3.63, 3.8) is 0 Å². The van der Waals surface area contributed by atoms with Gasteiger partial charge in [0.2, 0.25) is 5.95 Å². The standard InChI is InChI=1S/C25H21ClN6O2/c1-15-21(24(33)29-18-9-6-12-27-14-18)22(19-10-3-4-11-20(19)34-2)32-25(28-15)30-23(31-32)16-7-5-8-17(26)13-16/h3-14,22H,1-2H3,(H,29,33)(H,28,30,31)/t22-/m1/s1. The Hall–Kier alpha value is -4.17. The fourth-order valence-corrected chi connectivity index (χ4v) is 4.20. The SMILES string of the molecule is COc1ccccc1[C@@H]1C(C(=O)Nc2cccnc2)=C(C)Nc2nc(-c3cccc(Cl)c3)nn21. The topological polar surface area (TPSA) is 94.0 Å². The molecule has 0 bridgehead atoms. The molecule has 170 valence electrons. The molecule has 2 N–H and O–H groups in total. The number of anilines is 2. The molecule has 8 nitrogen and oxygen atoms in total. The molecule has 2 aromatic carbocycles. The van der Waals surface area contributed by atoms with E-state index >= 15 is 0 Å². The molecule has 0 aliphatic carbocycles. The molecular weight excluding hydrogens is 452 g/mol. The third-order valence-electron chi connectivity index (χ3n) is 5.53. The van der Waals surface area contributed by atoms with Gasteiger partial charge in [0.15, 0.2) is 5.82 Å². The van der Waals surface area contributed by atoms with E-state index in [1.54, 1.807) is 48.5 Å². The van der Waals surface area contributed by atoms with Crippen LogP contribution >= 0.6 is 11.6 Å². The number of ether oxygens (including phenoxy) is 1. The largest absolute Gasteiger partial charge is 0.496 e. The Morgan fingerprint density at radius 1 is 1.15 bits per heavy atom. The minimum Gasteiger partial charge on any atom is -0.496 e. The van der Waals surface area contributed by atoms with Crippen LogP contribution in [0.25, 0.3) is 11.4 Å². The lowest BCUT2D eigenvalue weighted by Crippen LogP contribution is -2.31. The van der Waals surface area contributed by atoms with E-state index in [0.29, 0.717) is 39.5 Å². The van der Waals surface area contributed by atoms with Gasteiger partial charge in [-0.1, -0.05) is 41.9 Å². The van der Waals surface area contributed by atoms with Crippen molar-refractivity contribution in [1.82, 2.24) is 19.7 Å². The Labute approximate surface area is 201 Å². The number of fused-ring (bicyclic) bond motifs is 1. The van der Waals surface area contributed by atoms with Crippen molar-refractivity contribution in [2.24, 2.45) is 0 Å². The van der Waals surface area contributed by atoms with Crippen LogP contribution in [-0.2, 0) is 4.79 Å². The highest BCUT2D eigenvalue weighted by molar-refractivity contribution is 6.30. The van der Waals surface area contributed by atoms with E-state index in [0.717, 1.165) is 11.1 Å². The quantitative estimate of drug-likeness (QED) is 0.427. The summed E-state index contributed by atoms with van der Waals surface area (Å²) in [5.41, 5.74) is 3.30. The number of nitrogens with zero attached hydrogens (tertiary/aromatic N) is 4. The summed E-state index contributed by atoms with van der Waals surface area (Å²) < 4.78 is 7.35. The maximum atomic E-state index is 13.5. The van der Waals surface area contributed by atoms with Gasteiger partial charge < -0.3 is 15.4 Å². The van der Waals surface area contributed by atoms with E-state index in [2.05, 4.69) is 20.6 Å². The molecule has 4 aromatic rings. The van der Waals surface area contributed by atoms with Crippen molar-refractivity contribution < 1.29 is 9.53 Å². The number of methoxy groups -OCH3 is 1. The number of aromatic nitrogens is 4. The van der Waals surface area contributed by atoms with Gasteiger partial charge in [-0.2, -0.15) is 4.98 Å². The Morgan fingerprint density at radius 3 is 2.76 bits per heavy atom. The summed E-state index contributed by atoms with van der Waals surface area (Å²) in [5.74, 6) is 1.37. The Bertz CT molecular complexity index is 1400. The molecule has 3 heterocycles. The Balaban J connectivity index is 1.64. The van der Waals surface area contributed by atoms with E-state index in [4.69, 9.17) is 21.4 Å². The zero-order chi connectivity index (χ0) is 23.7. The summed E-state index contributed by atoms with van der Waals surface area (Å²) in [4.78, 5) is 22.3. The predicted octanol–water partition coefficient (Wildman–Crippen LogP) is 4.93. The fraction of sp³-hybridized carbons (Fsp3) is 0.120. The molecule has 5 rings (SSSR count). The molecule has 9 heteroatoms.